The van der Waals surface area contributed by atoms with Crippen LogP contribution in [0, 0.1) is 17.3 Å². The van der Waals surface area contributed by atoms with Crippen molar-refractivity contribution in [2.45, 2.75) is 44.9 Å². The molecule has 0 radical (unpaired) electrons. The van der Waals surface area contributed by atoms with Crippen LogP contribution in [0.1, 0.15) is 44.9 Å². The number of hydrogen-bond donors (Lipinski definition) is 0. The van der Waals surface area contributed by atoms with Crippen LogP contribution in [0.25, 0.3) is 0 Å². The molecule has 0 amide bonds. The van der Waals surface area contributed by atoms with Crippen LogP contribution >= 0.6 is 0 Å². The molecule has 0 saturated heterocycles. The van der Waals surface area contributed by atoms with Crippen molar-refractivity contribution in [3.05, 3.63) is 12.2 Å². The number of hydrogen-bond acceptors (Lipinski definition) is 0. The summed E-state index contributed by atoms with van der Waals surface area (Å²) in [6, 6.07) is 0. The Morgan fingerprint density at radius 3 is 2.42 bits per heavy atom. The first-order valence-corrected chi connectivity index (χ1v) is 5.57. The third-order valence-electron chi connectivity index (χ3n) is 4.48. The minimum Gasteiger partial charge on any atom is -0.0851 e. The largest absolute Gasteiger partial charge is 0.0851 e. The second-order valence-corrected chi connectivity index (χ2v) is 5.11. The Kier molecular flexibility index (Phi) is 1.42. The van der Waals surface area contributed by atoms with E-state index in [-0.39, 0.29) is 0 Å². The molecule has 0 aromatic heterocycles. The Labute approximate surface area is 75.0 Å². The van der Waals surface area contributed by atoms with E-state index in [1.807, 2.05) is 0 Å². The van der Waals surface area contributed by atoms with Crippen LogP contribution in [-0.4, -0.2) is 0 Å². The summed E-state index contributed by atoms with van der Waals surface area (Å²) in [7, 11) is 0. The van der Waals surface area contributed by atoms with Gasteiger partial charge in [0.2, 0.25) is 0 Å². The van der Waals surface area contributed by atoms with Gasteiger partial charge in [0.05, 0.1) is 0 Å². The fourth-order valence-electron chi connectivity index (χ4n) is 3.88. The molecule has 2 atom stereocenters. The van der Waals surface area contributed by atoms with Gasteiger partial charge in [0.15, 0.2) is 0 Å². The highest BCUT2D eigenvalue weighted by molar-refractivity contribution is 5.15. The number of rotatable bonds is 0. The molecule has 2 bridgehead atoms. The van der Waals surface area contributed by atoms with E-state index in [2.05, 4.69) is 12.2 Å². The zero-order valence-electron chi connectivity index (χ0n) is 7.76. The average Bonchev–Trinajstić information content (AvgIpc) is 2.65. The van der Waals surface area contributed by atoms with Crippen molar-refractivity contribution in [3.8, 4) is 0 Å². The van der Waals surface area contributed by atoms with E-state index < -0.39 is 0 Å². The van der Waals surface area contributed by atoms with Crippen LogP contribution < -0.4 is 0 Å². The van der Waals surface area contributed by atoms with Crippen LogP contribution in [0.15, 0.2) is 12.2 Å². The molecule has 0 heteroatoms. The van der Waals surface area contributed by atoms with Crippen molar-refractivity contribution in [2.24, 2.45) is 17.3 Å². The van der Waals surface area contributed by atoms with E-state index in [9.17, 15) is 0 Å². The molecule has 0 nitrogen and oxygen atoms in total. The fraction of sp³-hybridized carbons (Fsp3) is 0.833. The van der Waals surface area contributed by atoms with Crippen LogP contribution in [0.3, 0.4) is 0 Å². The minimum atomic E-state index is 0.803. The lowest BCUT2D eigenvalue weighted by Gasteiger charge is -2.39. The van der Waals surface area contributed by atoms with Gasteiger partial charge in [-0.25, -0.2) is 0 Å². The van der Waals surface area contributed by atoms with E-state index in [1.54, 1.807) is 12.8 Å². The van der Waals surface area contributed by atoms with Gasteiger partial charge in [0, 0.05) is 0 Å². The third-order valence-corrected chi connectivity index (χ3v) is 4.48. The van der Waals surface area contributed by atoms with Crippen molar-refractivity contribution in [1.29, 1.82) is 0 Å². The molecular formula is C12H18. The molecule has 0 aromatic rings. The smallest absolute Gasteiger partial charge is 0.0171 e. The van der Waals surface area contributed by atoms with Gasteiger partial charge in [-0.05, 0) is 42.9 Å². The summed E-state index contributed by atoms with van der Waals surface area (Å²) in [6.07, 6.45) is 15.6. The highest BCUT2D eigenvalue weighted by Gasteiger charge is 2.47. The molecule has 1 spiro atoms. The Bertz CT molecular complexity index is 208. The summed E-state index contributed by atoms with van der Waals surface area (Å²) >= 11 is 0. The molecule has 0 aromatic carbocycles. The molecule has 2 saturated carbocycles. The highest BCUT2D eigenvalue weighted by atomic mass is 14.5. The maximum atomic E-state index is 2.53. The van der Waals surface area contributed by atoms with Crippen LogP contribution in [0.2, 0.25) is 0 Å². The molecular weight excluding hydrogens is 144 g/mol. The Hall–Kier alpha value is -0.260. The third kappa shape index (κ3) is 0.841. The van der Waals surface area contributed by atoms with Crippen molar-refractivity contribution in [1.82, 2.24) is 0 Å². The first-order valence-electron chi connectivity index (χ1n) is 5.57. The van der Waals surface area contributed by atoms with Gasteiger partial charge in [0.1, 0.15) is 0 Å². The minimum absolute atomic E-state index is 0.803. The SMILES string of the molecule is C1=CC2CC1CC21CCCCC1. The second-order valence-electron chi connectivity index (χ2n) is 5.11. The molecule has 2 fully saturated rings. The lowest BCUT2D eigenvalue weighted by atomic mass is 9.66. The summed E-state index contributed by atoms with van der Waals surface area (Å²) < 4.78 is 0. The van der Waals surface area contributed by atoms with Gasteiger partial charge in [-0.2, -0.15) is 0 Å². The molecule has 3 aliphatic rings. The molecule has 0 aliphatic heterocycles. The quantitative estimate of drug-likeness (QED) is 0.478. The summed E-state index contributed by atoms with van der Waals surface area (Å²) in [5.74, 6) is 1.97. The monoisotopic (exact) mass is 162 g/mol. The maximum absolute atomic E-state index is 2.53. The average molecular weight is 162 g/mol. The Balaban J connectivity index is 1.86. The van der Waals surface area contributed by atoms with E-state index in [4.69, 9.17) is 0 Å². The Morgan fingerprint density at radius 1 is 1.00 bits per heavy atom. The Morgan fingerprint density at radius 2 is 1.83 bits per heavy atom. The summed E-state index contributed by atoms with van der Waals surface area (Å²) in [6.45, 7) is 0. The van der Waals surface area contributed by atoms with Gasteiger partial charge in [0.25, 0.3) is 0 Å². The van der Waals surface area contributed by atoms with Crippen molar-refractivity contribution >= 4 is 0 Å². The van der Waals surface area contributed by atoms with Crippen LogP contribution in [0.4, 0.5) is 0 Å². The predicted octanol–water partition coefficient (Wildman–Crippen LogP) is 3.53. The van der Waals surface area contributed by atoms with E-state index in [1.165, 1.54) is 32.1 Å². The second kappa shape index (κ2) is 2.37. The van der Waals surface area contributed by atoms with E-state index in [0.29, 0.717) is 0 Å². The molecule has 2 unspecified atom stereocenters. The summed E-state index contributed by atoms with van der Waals surface area (Å²) in [5.41, 5.74) is 0.803. The van der Waals surface area contributed by atoms with Gasteiger partial charge in [-0.1, -0.05) is 31.4 Å². The first kappa shape index (κ1) is 7.17. The standard InChI is InChI=1S/C12H18/c1-2-6-12(7-3-1)9-10-4-5-11(12)8-10/h4-5,10-11H,1-3,6-9H2. The predicted molar refractivity (Wildman–Crippen MR) is 50.9 cm³/mol. The molecule has 66 valence electrons. The van der Waals surface area contributed by atoms with Gasteiger partial charge >= 0.3 is 0 Å². The van der Waals surface area contributed by atoms with Crippen molar-refractivity contribution in [2.75, 3.05) is 0 Å². The van der Waals surface area contributed by atoms with E-state index >= 15 is 0 Å². The molecule has 3 aliphatic carbocycles. The molecule has 0 N–H and O–H groups in total. The molecule has 3 rings (SSSR count). The fourth-order valence-corrected chi connectivity index (χ4v) is 3.88. The van der Waals surface area contributed by atoms with Gasteiger partial charge in [-0.15, -0.1) is 0 Å². The van der Waals surface area contributed by atoms with E-state index in [0.717, 1.165) is 17.3 Å². The van der Waals surface area contributed by atoms with Crippen molar-refractivity contribution in [3.63, 3.8) is 0 Å². The van der Waals surface area contributed by atoms with Crippen LogP contribution in [-0.2, 0) is 0 Å². The van der Waals surface area contributed by atoms with Crippen LogP contribution in [0.5, 0.6) is 0 Å². The lowest BCUT2D eigenvalue weighted by Crippen LogP contribution is -2.28. The normalized spacial score (nSPS) is 42.7. The van der Waals surface area contributed by atoms with Crippen molar-refractivity contribution < 1.29 is 0 Å². The first-order chi connectivity index (χ1) is 5.89. The zero-order valence-corrected chi connectivity index (χ0v) is 7.76. The summed E-state index contributed by atoms with van der Waals surface area (Å²) in [4.78, 5) is 0. The highest BCUT2D eigenvalue weighted by Crippen LogP contribution is 2.58. The number of allylic oxidation sites excluding steroid dienone is 2. The maximum Gasteiger partial charge on any atom is -0.0171 e. The van der Waals surface area contributed by atoms with Gasteiger partial charge < -0.3 is 0 Å². The number of fused-ring (bicyclic) bond motifs is 3. The summed E-state index contributed by atoms with van der Waals surface area (Å²) in [5, 5.41) is 0. The topological polar surface area (TPSA) is 0 Å². The molecule has 0 heterocycles. The van der Waals surface area contributed by atoms with Gasteiger partial charge in [-0.3, -0.25) is 0 Å². The lowest BCUT2D eigenvalue weighted by molar-refractivity contribution is 0.148. The zero-order chi connectivity index (χ0) is 8.02. The molecule has 12 heavy (non-hydrogen) atoms.